The Labute approximate surface area is 110 Å². The van der Waals surface area contributed by atoms with E-state index in [4.69, 9.17) is 0 Å². The highest BCUT2D eigenvalue weighted by molar-refractivity contribution is 5.17. The van der Waals surface area contributed by atoms with Crippen LogP contribution in [-0.2, 0) is 12.8 Å². The molecule has 0 fully saturated rings. The monoisotopic (exact) mass is 236 g/mol. The van der Waals surface area contributed by atoms with Gasteiger partial charge in [0.2, 0.25) is 0 Å². The first-order valence-corrected chi connectivity index (χ1v) is 6.68. The van der Waals surface area contributed by atoms with Crippen molar-refractivity contribution in [2.75, 3.05) is 0 Å². The predicted octanol–water partition coefficient (Wildman–Crippen LogP) is 4.81. The average molecular weight is 236 g/mol. The van der Waals surface area contributed by atoms with Crippen molar-refractivity contribution >= 4 is 0 Å². The van der Waals surface area contributed by atoms with Crippen LogP contribution in [0.3, 0.4) is 0 Å². The SMILES string of the molecule is C(=CCc1ccccc1)CCCc1ccccc1. The summed E-state index contributed by atoms with van der Waals surface area (Å²) >= 11 is 0. The molecule has 0 spiro atoms. The molecule has 0 bridgehead atoms. The summed E-state index contributed by atoms with van der Waals surface area (Å²) in [5.74, 6) is 0. The third kappa shape index (κ3) is 4.58. The lowest BCUT2D eigenvalue weighted by Crippen LogP contribution is -1.83. The van der Waals surface area contributed by atoms with Crippen LogP contribution in [-0.4, -0.2) is 0 Å². The van der Waals surface area contributed by atoms with Gasteiger partial charge >= 0.3 is 0 Å². The van der Waals surface area contributed by atoms with Crippen LogP contribution in [0.25, 0.3) is 0 Å². The summed E-state index contributed by atoms with van der Waals surface area (Å²) in [5, 5.41) is 0. The van der Waals surface area contributed by atoms with E-state index >= 15 is 0 Å². The Morgan fingerprint density at radius 3 is 1.94 bits per heavy atom. The van der Waals surface area contributed by atoms with Gasteiger partial charge in [-0.1, -0.05) is 72.8 Å². The number of hydrogen-bond donors (Lipinski definition) is 0. The molecule has 0 aliphatic heterocycles. The zero-order valence-corrected chi connectivity index (χ0v) is 10.8. The Morgan fingerprint density at radius 1 is 0.667 bits per heavy atom. The van der Waals surface area contributed by atoms with Gasteiger partial charge in [-0.25, -0.2) is 0 Å². The molecule has 0 N–H and O–H groups in total. The smallest absolute Gasteiger partial charge is 0.00975 e. The summed E-state index contributed by atoms with van der Waals surface area (Å²) in [6, 6.07) is 21.3. The molecule has 18 heavy (non-hydrogen) atoms. The van der Waals surface area contributed by atoms with Crippen LogP contribution in [0.5, 0.6) is 0 Å². The second kappa shape index (κ2) is 7.50. The van der Waals surface area contributed by atoms with Gasteiger partial charge in [-0.2, -0.15) is 0 Å². The van der Waals surface area contributed by atoms with Crippen LogP contribution >= 0.6 is 0 Å². The van der Waals surface area contributed by atoms with E-state index in [1.165, 1.54) is 30.4 Å². The zero-order valence-electron chi connectivity index (χ0n) is 10.8. The van der Waals surface area contributed by atoms with Gasteiger partial charge < -0.3 is 0 Å². The lowest BCUT2D eigenvalue weighted by molar-refractivity contribution is 0.841. The molecule has 0 unspecified atom stereocenters. The Bertz CT molecular complexity index is 454. The molecule has 0 saturated heterocycles. The Kier molecular flexibility index (Phi) is 5.26. The molecule has 0 aromatic heterocycles. The van der Waals surface area contributed by atoms with Gasteiger partial charge in [0.25, 0.3) is 0 Å². The number of benzene rings is 2. The van der Waals surface area contributed by atoms with Gasteiger partial charge in [-0.3, -0.25) is 0 Å². The average Bonchev–Trinajstić information content (AvgIpc) is 2.45. The predicted molar refractivity (Wildman–Crippen MR) is 78.7 cm³/mol. The standard InChI is InChI=1S/C18H20/c1(5-11-17-13-7-3-8-14-17)2-6-12-18-15-9-4-10-16-18/h1,3-5,7-10,13-16H,2,6,11-12H2. The molecule has 2 rings (SSSR count). The number of allylic oxidation sites excluding steroid dienone is 2. The van der Waals surface area contributed by atoms with Crippen LogP contribution in [0.2, 0.25) is 0 Å². The van der Waals surface area contributed by atoms with E-state index < -0.39 is 0 Å². The van der Waals surface area contributed by atoms with Crippen LogP contribution in [0.4, 0.5) is 0 Å². The maximum absolute atomic E-state index is 2.30. The van der Waals surface area contributed by atoms with Crippen molar-refractivity contribution < 1.29 is 0 Å². The lowest BCUT2D eigenvalue weighted by atomic mass is 10.1. The molecule has 2 aromatic rings. The number of hydrogen-bond acceptors (Lipinski definition) is 0. The van der Waals surface area contributed by atoms with E-state index in [0.717, 1.165) is 6.42 Å². The largest absolute Gasteiger partial charge is 0.0882 e. The van der Waals surface area contributed by atoms with Gasteiger partial charge in [-0.05, 0) is 36.8 Å². The quantitative estimate of drug-likeness (QED) is 0.499. The fraction of sp³-hybridized carbons (Fsp3) is 0.222. The molecule has 92 valence electrons. The Balaban J connectivity index is 1.64. The topological polar surface area (TPSA) is 0 Å². The highest BCUT2D eigenvalue weighted by Crippen LogP contribution is 2.06. The molecule has 0 heteroatoms. The third-order valence-corrected chi connectivity index (χ3v) is 3.04. The molecule has 0 aliphatic rings. The van der Waals surface area contributed by atoms with Gasteiger partial charge in [0.15, 0.2) is 0 Å². The molecule has 0 saturated carbocycles. The fourth-order valence-corrected chi connectivity index (χ4v) is 2.02. The van der Waals surface area contributed by atoms with Crippen molar-refractivity contribution in [2.24, 2.45) is 0 Å². The minimum absolute atomic E-state index is 1.05. The second-order valence-electron chi connectivity index (χ2n) is 4.54. The molecule has 2 aromatic carbocycles. The highest BCUT2D eigenvalue weighted by Gasteiger charge is 1.90. The van der Waals surface area contributed by atoms with Crippen molar-refractivity contribution in [1.82, 2.24) is 0 Å². The van der Waals surface area contributed by atoms with Crippen LogP contribution in [0.1, 0.15) is 24.0 Å². The van der Waals surface area contributed by atoms with Crippen molar-refractivity contribution in [2.45, 2.75) is 25.7 Å². The number of rotatable bonds is 6. The van der Waals surface area contributed by atoms with Crippen molar-refractivity contribution in [1.29, 1.82) is 0 Å². The molecular formula is C18H20. The molecule has 0 radical (unpaired) electrons. The zero-order chi connectivity index (χ0) is 12.5. The van der Waals surface area contributed by atoms with E-state index in [9.17, 15) is 0 Å². The molecule has 0 atom stereocenters. The molecule has 0 nitrogen and oxygen atoms in total. The first kappa shape index (κ1) is 12.6. The van der Waals surface area contributed by atoms with Crippen molar-refractivity contribution in [3.63, 3.8) is 0 Å². The summed E-state index contributed by atoms with van der Waals surface area (Å²) in [5.41, 5.74) is 2.82. The molecule has 0 heterocycles. The van der Waals surface area contributed by atoms with Crippen LogP contribution in [0.15, 0.2) is 72.8 Å². The molecule has 0 aliphatic carbocycles. The first-order chi connectivity index (χ1) is 8.95. The highest BCUT2D eigenvalue weighted by atomic mass is 14.0. The van der Waals surface area contributed by atoms with Gasteiger partial charge in [-0.15, -0.1) is 0 Å². The van der Waals surface area contributed by atoms with Crippen molar-refractivity contribution in [3.05, 3.63) is 83.9 Å². The van der Waals surface area contributed by atoms with E-state index in [1.807, 2.05) is 0 Å². The number of unbranched alkanes of at least 4 members (excludes halogenated alkanes) is 1. The normalized spacial score (nSPS) is 10.9. The Morgan fingerprint density at radius 2 is 1.28 bits per heavy atom. The van der Waals surface area contributed by atoms with E-state index in [0.29, 0.717) is 0 Å². The minimum Gasteiger partial charge on any atom is -0.0882 e. The summed E-state index contributed by atoms with van der Waals surface area (Å²) in [6.45, 7) is 0. The van der Waals surface area contributed by atoms with Gasteiger partial charge in [0.05, 0.1) is 0 Å². The first-order valence-electron chi connectivity index (χ1n) is 6.68. The second-order valence-corrected chi connectivity index (χ2v) is 4.54. The Hall–Kier alpha value is -1.82. The number of aryl methyl sites for hydroxylation is 1. The van der Waals surface area contributed by atoms with Gasteiger partial charge in [0, 0.05) is 0 Å². The molecule has 0 amide bonds. The van der Waals surface area contributed by atoms with E-state index in [-0.39, 0.29) is 0 Å². The summed E-state index contributed by atoms with van der Waals surface area (Å²) < 4.78 is 0. The lowest BCUT2D eigenvalue weighted by Gasteiger charge is -1.98. The van der Waals surface area contributed by atoms with Gasteiger partial charge in [0.1, 0.15) is 0 Å². The van der Waals surface area contributed by atoms with E-state index in [1.54, 1.807) is 0 Å². The van der Waals surface area contributed by atoms with Crippen molar-refractivity contribution in [3.8, 4) is 0 Å². The fourth-order valence-electron chi connectivity index (χ4n) is 2.02. The summed E-state index contributed by atoms with van der Waals surface area (Å²) in [7, 11) is 0. The maximum atomic E-state index is 2.30. The summed E-state index contributed by atoms with van der Waals surface area (Å²) in [6.07, 6.45) is 9.20. The summed E-state index contributed by atoms with van der Waals surface area (Å²) in [4.78, 5) is 0. The molecular weight excluding hydrogens is 216 g/mol. The third-order valence-electron chi connectivity index (χ3n) is 3.04. The maximum Gasteiger partial charge on any atom is -0.00975 e. The van der Waals surface area contributed by atoms with Crippen LogP contribution in [0, 0.1) is 0 Å². The van der Waals surface area contributed by atoms with E-state index in [2.05, 4.69) is 72.8 Å². The minimum atomic E-state index is 1.05. The van der Waals surface area contributed by atoms with Crippen LogP contribution < -0.4 is 0 Å².